The molecule has 5 nitrogen and oxygen atoms in total. The van der Waals surface area contributed by atoms with E-state index in [4.69, 9.17) is 4.74 Å². The number of ether oxygens (including phenoxy) is 1. The van der Waals surface area contributed by atoms with Crippen LogP contribution in [0.15, 0.2) is 66.7 Å². The first-order chi connectivity index (χ1) is 13.4. The van der Waals surface area contributed by atoms with Crippen molar-refractivity contribution in [3.05, 3.63) is 89.0 Å². The van der Waals surface area contributed by atoms with Crippen molar-refractivity contribution in [1.82, 2.24) is 20.6 Å². The molecule has 0 saturated heterocycles. The van der Waals surface area contributed by atoms with Crippen LogP contribution in [0, 0.1) is 0 Å². The molecule has 4 aromatic rings. The van der Waals surface area contributed by atoms with Crippen LogP contribution in [0.25, 0.3) is 23.5 Å². The molecule has 0 saturated carbocycles. The summed E-state index contributed by atoms with van der Waals surface area (Å²) in [5, 5.41) is 14.4. The van der Waals surface area contributed by atoms with E-state index in [9.17, 15) is 0 Å². The summed E-state index contributed by atoms with van der Waals surface area (Å²) in [4.78, 5) is 0. The number of rotatable bonds is 3. The fraction of sp³-hybridized carbons (Fsp3) is 0.0455. The minimum atomic E-state index is 0.551. The van der Waals surface area contributed by atoms with Gasteiger partial charge in [-0.05, 0) is 40.1 Å². The summed E-state index contributed by atoms with van der Waals surface area (Å²) in [6.07, 6.45) is 5.05. The number of tetrazole rings is 1. The Kier molecular flexibility index (Phi) is 3.76. The summed E-state index contributed by atoms with van der Waals surface area (Å²) in [5.74, 6) is 2.28. The van der Waals surface area contributed by atoms with Gasteiger partial charge in [0.1, 0.15) is 11.5 Å². The average molecular weight is 352 g/mol. The molecule has 0 radical (unpaired) electrons. The van der Waals surface area contributed by atoms with Gasteiger partial charge >= 0.3 is 0 Å². The van der Waals surface area contributed by atoms with E-state index in [2.05, 4.69) is 57.0 Å². The molecule has 0 aliphatic carbocycles. The summed E-state index contributed by atoms with van der Waals surface area (Å²) in [7, 11) is 0. The minimum absolute atomic E-state index is 0.551. The highest BCUT2D eigenvalue weighted by Crippen LogP contribution is 2.40. The monoisotopic (exact) mass is 352 g/mol. The number of para-hydroxylation sites is 1. The largest absolute Gasteiger partial charge is 0.457 e. The fourth-order valence-corrected chi connectivity index (χ4v) is 3.32. The Morgan fingerprint density at radius 3 is 2.59 bits per heavy atom. The number of aromatic nitrogens is 4. The molecule has 2 heterocycles. The van der Waals surface area contributed by atoms with Crippen LogP contribution < -0.4 is 4.74 Å². The van der Waals surface area contributed by atoms with Gasteiger partial charge in [-0.1, -0.05) is 60.7 Å². The Morgan fingerprint density at radius 1 is 0.889 bits per heavy atom. The Balaban J connectivity index is 1.62. The zero-order valence-electron chi connectivity index (χ0n) is 14.5. The molecule has 3 aromatic carbocycles. The highest BCUT2D eigenvalue weighted by Gasteiger charge is 2.21. The lowest BCUT2D eigenvalue weighted by atomic mass is 9.93. The van der Waals surface area contributed by atoms with E-state index >= 15 is 0 Å². The molecule has 0 spiro atoms. The molecule has 1 aliphatic heterocycles. The third kappa shape index (κ3) is 3.00. The number of hydrogen-bond donors (Lipinski definition) is 1. The molecule has 1 aliphatic rings. The topological polar surface area (TPSA) is 63.7 Å². The van der Waals surface area contributed by atoms with E-state index in [1.54, 1.807) is 0 Å². The lowest BCUT2D eigenvalue weighted by Gasteiger charge is -2.22. The molecule has 0 atom stereocenters. The van der Waals surface area contributed by atoms with Crippen molar-refractivity contribution in [3.63, 3.8) is 0 Å². The van der Waals surface area contributed by atoms with Gasteiger partial charge in [0, 0.05) is 17.5 Å². The standard InChI is InChI=1S/C22H16N4O/c1-2-6-15(7-3-1)10-11-16-12-18(22-23-25-26-24-22)14-21-19(16)13-17-8-4-5-9-20(17)27-21/h1-12,14H,13H2,(H,23,24,25,26). The number of benzene rings is 3. The molecule has 0 bridgehead atoms. The molecule has 1 aromatic heterocycles. The van der Waals surface area contributed by atoms with Crippen LogP contribution in [0.3, 0.4) is 0 Å². The lowest BCUT2D eigenvalue weighted by Crippen LogP contribution is -2.05. The number of nitrogens with zero attached hydrogens (tertiary/aromatic N) is 3. The van der Waals surface area contributed by atoms with E-state index in [1.807, 2.05) is 42.5 Å². The molecule has 5 heteroatoms. The van der Waals surface area contributed by atoms with Gasteiger partial charge in [0.25, 0.3) is 0 Å². The second-order valence-electron chi connectivity index (χ2n) is 6.41. The van der Waals surface area contributed by atoms with Gasteiger partial charge in [-0.25, -0.2) is 0 Å². The third-order valence-electron chi connectivity index (χ3n) is 4.66. The van der Waals surface area contributed by atoms with Gasteiger partial charge in [-0.2, -0.15) is 5.21 Å². The fourth-order valence-electron chi connectivity index (χ4n) is 3.32. The summed E-state index contributed by atoms with van der Waals surface area (Å²) >= 11 is 0. The SMILES string of the molecule is C(=Cc1cc(-c2nn[nH]n2)cc2c1Cc1ccccc1O2)c1ccccc1. The Hall–Kier alpha value is -3.73. The third-order valence-corrected chi connectivity index (χ3v) is 4.66. The van der Waals surface area contributed by atoms with Gasteiger partial charge in [0.15, 0.2) is 0 Å². The highest BCUT2D eigenvalue weighted by molar-refractivity contribution is 5.77. The molecule has 5 rings (SSSR count). The first kappa shape index (κ1) is 15.5. The quantitative estimate of drug-likeness (QED) is 0.477. The maximum Gasteiger partial charge on any atom is 0.204 e. The molecule has 0 unspecified atom stereocenters. The number of aromatic amines is 1. The molecule has 27 heavy (non-hydrogen) atoms. The molecule has 130 valence electrons. The van der Waals surface area contributed by atoms with Crippen LogP contribution in [-0.2, 0) is 6.42 Å². The highest BCUT2D eigenvalue weighted by atomic mass is 16.5. The predicted molar refractivity (Wildman–Crippen MR) is 104 cm³/mol. The van der Waals surface area contributed by atoms with Crippen molar-refractivity contribution >= 4 is 12.2 Å². The molecule has 0 fully saturated rings. The summed E-state index contributed by atoms with van der Waals surface area (Å²) in [6.45, 7) is 0. The number of hydrogen-bond acceptors (Lipinski definition) is 4. The average Bonchev–Trinajstić information content (AvgIpc) is 3.26. The van der Waals surface area contributed by atoms with Gasteiger partial charge < -0.3 is 4.74 Å². The van der Waals surface area contributed by atoms with E-state index in [0.29, 0.717) is 5.82 Å². The van der Waals surface area contributed by atoms with Gasteiger partial charge in [0.2, 0.25) is 5.82 Å². The van der Waals surface area contributed by atoms with Gasteiger partial charge in [0.05, 0.1) is 0 Å². The number of fused-ring (bicyclic) bond motifs is 2. The number of nitrogens with one attached hydrogen (secondary N) is 1. The zero-order chi connectivity index (χ0) is 18.1. The van der Waals surface area contributed by atoms with Crippen LogP contribution in [0.1, 0.15) is 22.3 Å². The second-order valence-corrected chi connectivity index (χ2v) is 6.41. The van der Waals surface area contributed by atoms with Crippen LogP contribution in [0.5, 0.6) is 11.5 Å². The van der Waals surface area contributed by atoms with Gasteiger partial charge in [-0.3, -0.25) is 0 Å². The Morgan fingerprint density at radius 2 is 1.74 bits per heavy atom. The molecule has 1 N–H and O–H groups in total. The van der Waals surface area contributed by atoms with Crippen molar-refractivity contribution in [2.24, 2.45) is 0 Å². The van der Waals surface area contributed by atoms with E-state index in [1.165, 1.54) is 5.56 Å². The smallest absolute Gasteiger partial charge is 0.204 e. The van der Waals surface area contributed by atoms with Crippen molar-refractivity contribution in [3.8, 4) is 22.9 Å². The van der Waals surface area contributed by atoms with E-state index < -0.39 is 0 Å². The van der Waals surface area contributed by atoms with Crippen molar-refractivity contribution in [1.29, 1.82) is 0 Å². The zero-order valence-corrected chi connectivity index (χ0v) is 14.5. The first-order valence-corrected chi connectivity index (χ1v) is 8.76. The van der Waals surface area contributed by atoms with Crippen LogP contribution in [0.2, 0.25) is 0 Å². The van der Waals surface area contributed by atoms with Crippen molar-refractivity contribution in [2.75, 3.05) is 0 Å². The summed E-state index contributed by atoms with van der Waals surface area (Å²) in [6, 6.07) is 22.4. The van der Waals surface area contributed by atoms with Crippen LogP contribution in [-0.4, -0.2) is 20.6 Å². The van der Waals surface area contributed by atoms with Crippen LogP contribution in [0.4, 0.5) is 0 Å². The normalized spacial score (nSPS) is 12.4. The van der Waals surface area contributed by atoms with Crippen LogP contribution >= 0.6 is 0 Å². The predicted octanol–water partition coefficient (Wildman–Crippen LogP) is 4.73. The van der Waals surface area contributed by atoms with E-state index in [0.717, 1.165) is 40.2 Å². The van der Waals surface area contributed by atoms with Crippen molar-refractivity contribution < 1.29 is 4.74 Å². The first-order valence-electron chi connectivity index (χ1n) is 8.76. The number of H-pyrrole nitrogens is 1. The Bertz CT molecular complexity index is 1120. The summed E-state index contributed by atoms with van der Waals surface area (Å²) in [5.41, 5.74) is 5.45. The molecular formula is C22H16N4O. The van der Waals surface area contributed by atoms with Crippen molar-refractivity contribution in [2.45, 2.75) is 6.42 Å². The minimum Gasteiger partial charge on any atom is -0.457 e. The maximum atomic E-state index is 6.19. The Labute approximate surface area is 156 Å². The molecule has 0 amide bonds. The van der Waals surface area contributed by atoms with E-state index in [-0.39, 0.29) is 0 Å². The summed E-state index contributed by atoms with van der Waals surface area (Å²) < 4.78 is 6.19. The molecular weight excluding hydrogens is 336 g/mol. The van der Waals surface area contributed by atoms with Gasteiger partial charge in [-0.15, -0.1) is 10.2 Å². The maximum absolute atomic E-state index is 6.19. The second kappa shape index (κ2) is 6.53. The lowest BCUT2D eigenvalue weighted by molar-refractivity contribution is 0.460.